The highest BCUT2D eigenvalue weighted by molar-refractivity contribution is 5.92. The molecule has 1 amide bonds. The topological polar surface area (TPSA) is 38.3 Å². The number of hydrogen-bond donors (Lipinski definition) is 1. The summed E-state index contributed by atoms with van der Waals surface area (Å²) >= 11 is 0. The molecule has 116 valence electrons. The molecule has 2 unspecified atom stereocenters. The van der Waals surface area contributed by atoms with Crippen molar-refractivity contribution in [3.63, 3.8) is 0 Å². The van der Waals surface area contributed by atoms with Gasteiger partial charge in [0, 0.05) is 11.6 Å². The van der Waals surface area contributed by atoms with Crippen molar-refractivity contribution < 1.29 is 9.53 Å². The Morgan fingerprint density at radius 1 is 1.24 bits per heavy atom. The number of amides is 1. The summed E-state index contributed by atoms with van der Waals surface area (Å²) in [5.41, 5.74) is 0.849. The van der Waals surface area contributed by atoms with Crippen molar-refractivity contribution in [1.29, 1.82) is 0 Å². The molecule has 3 nitrogen and oxygen atoms in total. The molecule has 1 aliphatic carbocycles. The highest BCUT2D eigenvalue weighted by Gasteiger charge is 2.35. The van der Waals surface area contributed by atoms with Gasteiger partial charge in [0.25, 0.3) is 0 Å². The van der Waals surface area contributed by atoms with Crippen LogP contribution in [0.15, 0.2) is 24.3 Å². The molecular weight excluding hydrogens is 262 g/mol. The Bertz CT molecular complexity index is 467. The number of benzene rings is 1. The van der Waals surface area contributed by atoms with Gasteiger partial charge in [-0.15, -0.1) is 0 Å². The third-order valence-electron chi connectivity index (χ3n) is 4.72. The number of carbonyl (C=O) groups is 1. The normalized spacial score (nSPS) is 25.7. The lowest BCUT2D eigenvalue weighted by atomic mass is 9.70. The van der Waals surface area contributed by atoms with Crippen LogP contribution in [-0.4, -0.2) is 13.0 Å². The van der Waals surface area contributed by atoms with Crippen LogP contribution in [0.4, 0.5) is 5.69 Å². The first-order valence-electron chi connectivity index (χ1n) is 7.96. The van der Waals surface area contributed by atoms with Crippen molar-refractivity contribution in [3.05, 3.63) is 24.3 Å². The molecule has 1 aromatic carbocycles. The van der Waals surface area contributed by atoms with Crippen molar-refractivity contribution in [3.8, 4) is 5.75 Å². The molecule has 1 fully saturated rings. The standard InChI is InChI=1S/C18H27NO2/c1-12(2)16-10-5-13(3)11-17(16)18(20)19-14-6-8-15(21-4)9-7-14/h6-9,12-13,16-17H,5,10-11H2,1-4H3,(H,19,20)/t13-,16?,17?/m1/s1. The molecule has 1 N–H and O–H groups in total. The molecule has 21 heavy (non-hydrogen) atoms. The van der Waals surface area contributed by atoms with Gasteiger partial charge in [-0.1, -0.05) is 27.2 Å². The van der Waals surface area contributed by atoms with Crippen LogP contribution in [0.2, 0.25) is 0 Å². The fourth-order valence-electron chi connectivity index (χ4n) is 3.41. The summed E-state index contributed by atoms with van der Waals surface area (Å²) in [5, 5.41) is 3.07. The smallest absolute Gasteiger partial charge is 0.227 e. The zero-order valence-corrected chi connectivity index (χ0v) is 13.6. The van der Waals surface area contributed by atoms with E-state index in [1.54, 1.807) is 7.11 Å². The van der Waals surface area contributed by atoms with Crippen LogP contribution < -0.4 is 10.1 Å². The van der Waals surface area contributed by atoms with Crippen LogP contribution in [0.1, 0.15) is 40.0 Å². The van der Waals surface area contributed by atoms with Crippen LogP contribution >= 0.6 is 0 Å². The third kappa shape index (κ3) is 3.99. The lowest BCUT2D eigenvalue weighted by Gasteiger charge is -2.36. The van der Waals surface area contributed by atoms with E-state index >= 15 is 0 Å². The molecule has 0 heterocycles. The van der Waals surface area contributed by atoms with Crippen LogP contribution in [-0.2, 0) is 4.79 Å². The van der Waals surface area contributed by atoms with Crippen molar-refractivity contribution in [1.82, 2.24) is 0 Å². The minimum atomic E-state index is 0.135. The van der Waals surface area contributed by atoms with Gasteiger partial charge in [-0.3, -0.25) is 4.79 Å². The number of anilines is 1. The fraction of sp³-hybridized carbons (Fsp3) is 0.611. The quantitative estimate of drug-likeness (QED) is 0.895. The number of nitrogens with one attached hydrogen (secondary N) is 1. The number of methoxy groups -OCH3 is 1. The van der Waals surface area contributed by atoms with E-state index in [2.05, 4.69) is 26.1 Å². The lowest BCUT2D eigenvalue weighted by molar-refractivity contribution is -0.123. The summed E-state index contributed by atoms with van der Waals surface area (Å²) in [4.78, 5) is 12.6. The SMILES string of the molecule is COc1ccc(NC(=O)C2C[C@H](C)CCC2C(C)C)cc1. The second kappa shape index (κ2) is 6.97. The summed E-state index contributed by atoms with van der Waals surface area (Å²) in [6.07, 6.45) is 3.42. The largest absolute Gasteiger partial charge is 0.497 e. The number of ether oxygens (including phenoxy) is 1. The maximum Gasteiger partial charge on any atom is 0.227 e. The molecule has 0 saturated heterocycles. The maximum absolute atomic E-state index is 12.6. The zero-order valence-electron chi connectivity index (χ0n) is 13.6. The van der Waals surface area contributed by atoms with Gasteiger partial charge in [-0.2, -0.15) is 0 Å². The Morgan fingerprint density at radius 3 is 2.48 bits per heavy atom. The molecule has 1 aliphatic rings. The van der Waals surface area contributed by atoms with Gasteiger partial charge in [0.2, 0.25) is 5.91 Å². The van der Waals surface area contributed by atoms with Crippen molar-refractivity contribution in [2.24, 2.45) is 23.7 Å². The lowest BCUT2D eigenvalue weighted by Crippen LogP contribution is -2.36. The zero-order chi connectivity index (χ0) is 15.4. The van der Waals surface area contributed by atoms with Crippen molar-refractivity contribution in [2.75, 3.05) is 12.4 Å². The first-order valence-corrected chi connectivity index (χ1v) is 7.96. The number of hydrogen-bond acceptors (Lipinski definition) is 2. The van der Waals surface area contributed by atoms with Crippen LogP contribution in [0.3, 0.4) is 0 Å². The van der Waals surface area contributed by atoms with E-state index in [9.17, 15) is 4.79 Å². The summed E-state index contributed by atoms with van der Waals surface area (Å²) in [7, 11) is 1.64. The van der Waals surface area contributed by atoms with E-state index in [1.165, 1.54) is 12.8 Å². The average molecular weight is 289 g/mol. The number of rotatable bonds is 4. The molecule has 1 saturated carbocycles. The predicted molar refractivity (Wildman–Crippen MR) is 86.5 cm³/mol. The fourth-order valence-corrected chi connectivity index (χ4v) is 3.41. The second-order valence-electron chi connectivity index (χ2n) is 6.65. The van der Waals surface area contributed by atoms with Gasteiger partial charge in [0.1, 0.15) is 5.75 Å². The monoisotopic (exact) mass is 289 g/mol. The Morgan fingerprint density at radius 2 is 1.90 bits per heavy atom. The van der Waals surface area contributed by atoms with Gasteiger partial charge in [-0.05, 0) is 54.9 Å². The van der Waals surface area contributed by atoms with Gasteiger partial charge in [-0.25, -0.2) is 0 Å². The maximum atomic E-state index is 12.6. The Labute approximate surface area is 128 Å². The average Bonchev–Trinajstić information content (AvgIpc) is 2.47. The molecule has 3 atom stereocenters. The molecule has 0 aromatic heterocycles. The van der Waals surface area contributed by atoms with Gasteiger partial charge >= 0.3 is 0 Å². The van der Waals surface area contributed by atoms with Crippen molar-refractivity contribution >= 4 is 11.6 Å². The molecule has 0 bridgehead atoms. The summed E-state index contributed by atoms with van der Waals surface area (Å²) in [5.74, 6) is 2.82. The summed E-state index contributed by atoms with van der Waals surface area (Å²) in [6.45, 7) is 6.72. The summed E-state index contributed by atoms with van der Waals surface area (Å²) in [6, 6.07) is 7.54. The molecule has 0 spiro atoms. The van der Waals surface area contributed by atoms with E-state index in [0.29, 0.717) is 17.8 Å². The number of carbonyl (C=O) groups excluding carboxylic acids is 1. The molecule has 0 radical (unpaired) electrons. The molecule has 1 aromatic rings. The minimum absolute atomic E-state index is 0.135. The van der Waals surface area contributed by atoms with Crippen LogP contribution in [0.25, 0.3) is 0 Å². The Hall–Kier alpha value is -1.51. The Kier molecular flexibility index (Phi) is 5.27. The van der Waals surface area contributed by atoms with Gasteiger partial charge < -0.3 is 10.1 Å². The predicted octanol–water partition coefficient (Wildman–Crippen LogP) is 4.34. The van der Waals surface area contributed by atoms with Gasteiger partial charge in [0.05, 0.1) is 7.11 Å². The minimum Gasteiger partial charge on any atom is -0.497 e. The third-order valence-corrected chi connectivity index (χ3v) is 4.72. The highest BCUT2D eigenvalue weighted by Crippen LogP contribution is 2.38. The molecule has 2 rings (SSSR count). The highest BCUT2D eigenvalue weighted by atomic mass is 16.5. The van der Waals surface area contributed by atoms with E-state index in [1.807, 2.05) is 24.3 Å². The molecular formula is C18H27NO2. The first-order chi connectivity index (χ1) is 10.0. The van der Waals surface area contributed by atoms with E-state index in [4.69, 9.17) is 4.74 Å². The first kappa shape index (κ1) is 15.9. The van der Waals surface area contributed by atoms with E-state index in [0.717, 1.165) is 17.9 Å². The van der Waals surface area contributed by atoms with E-state index in [-0.39, 0.29) is 11.8 Å². The van der Waals surface area contributed by atoms with Crippen LogP contribution in [0, 0.1) is 23.7 Å². The molecule has 0 aliphatic heterocycles. The molecule has 3 heteroatoms. The summed E-state index contributed by atoms with van der Waals surface area (Å²) < 4.78 is 5.14. The van der Waals surface area contributed by atoms with E-state index < -0.39 is 0 Å². The Balaban J connectivity index is 2.05. The van der Waals surface area contributed by atoms with Gasteiger partial charge in [0.15, 0.2) is 0 Å². The van der Waals surface area contributed by atoms with Crippen LogP contribution in [0.5, 0.6) is 5.75 Å². The second-order valence-corrected chi connectivity index (χ2v) is 6.65. The van der Waals surface area contributed by atoms with Crippen molar-refractivity contribution in [2.45, 2.75) is 40.0 Å².